The molecule has 1 N–H and O–H groups in total. The molecule has 0 saturated heterocycles. The van der Waals surface area contributed by atoms with Crippen molar-refractivity contribution < 1.29 is 5.11 Å². The monoisotopic (exact) mass is 220 g/mol. The molecule has 1 heteroatoms. The second kappa shape index (κ2) is 5.49. The number of hydrogen-bond acceptors (Lipinski definition) is 1. The first-order valence-corrected chi connectivity index (χ1v) is 6.24. The maximum absolute atomic E-state index is 9.62. The number of rotatable bonds is 5. The van der Waals surface area contributed by atoms with Crippen LogP contribution in [0.15, 0.2) is 18.2 Å². The molecule has 1 nitrogen and oxygen atoms in total. The standard InChI is InChI=1S/C15H24O/c1-5-15(6-2,11-16)10-14-12(3)8-7-9-13(14)4/h7-9,16H,5-6,10-11H2,1-4H3. The molecule has 0 spiro atoms. The van der Waals surface area contributed by atoms with Gasteiger partial charge in [0.2, 0.25) is 0 Å². The number of hydrogen-bond donors (Lipinski definition) is 1. The van der Waals surface area contributed by atoms with E-state index in [4.69, 9.17) is 0 Å². The van der Waals surface area contributed by atoms with Crippen LogP contribution < -0.4 is 0 Å². The normalized spacial score (nSPS) is 11.8. The van der Waals surface area contributed by atoms with Crippen molar-refractivity contribution in [3.8, 4) is 0 Å². The second-order valence-electron chi connectivity index (χ2n) is 4.91. The van der Waals surface area contributed by atoms with E-state index in [0.717, 1.165) is 19.3 Å². The lowest BCUT2D eigenvalue weighted by Gasteiger charge is -2.30. The van der Waals surface area contributed by atoms with Crippen molar-refractivity contribution in [2.75, 3.05) is 6.61 Å². The molecule has 0 aliphatic carbocycles. The van der Waals surface area contributed by atoms with Gasteiger partial charge in [0.25, 0.3) is 0 Å². The van der Waals surface area contributed by atoms with Gasteiger partial charge in [-0.3, -0.25) is 0 Å². The number of aryl methyl sites for hydroxylation is 2. The van der Waals surface area contributed by atoms with E-state index in [2.05, 4.69) is 45.9 Å². The highest BCUT2D eigenvalue weighted by Gasteiger charge is 2.26. The van der Waals surface area contributed by atoms with E-state index in [1.165, 1.54) is 16.7 Å². The van der Waals surface area contributed by atoms with Gasteiger partial charge in [0, 0.05) is 6.61 Å². The largest absolute Gasteiger partial charge is 0.396 e. The van der Waals surface area contributed by atoms with Crippen molar-refractivity contribution in [3.05, 3.63) is 34.9 Å². The summed E-state index contributed by atoms with van der Waals surface area (Å²) in [6.45, 7) is 8.96. The first kappa shape index (κ1) is 13.2. The van der Waals surface area contributed by atoms with Gasteiger partial charge in [-0.05, 0) is 55.2 Å². The van der Waals surface area contributed by atoms with Gasteiger partial charge in [-0.15, -0.1) is 0 Å². The Bertz CT molecular complexity index is 309. The van der Waals surface area contributed by atoms with Crippen molar-refractivity contribution in [2.24, 2.45) is 5.41 Å². The van der Waals surface area contributed by atoms with Crippen LogP contribution in [0.3, 0.4) is 0 Å². The summed E-state index contributed by atoms with van der Waals surface area (Å²) in [5, 5.41) is 9.62. The Morgan fingerprint density at radius 2 is 1.56 bits per heavy atom. The fraction of sp³-hybridized carbons (Fsp3) is 0.600. The minimum atomic E-state index is 0.0663. The average molecular weight is 220 g/mol. The molecule has 0 amide bonds. The van der Waals surface area contributed by atoms with Crippen molar-refractivity contribution in [3.63, 3.8) is 0 Å². The van der Waals surface area contributed by atoms with Gasteiger partial charge in [0.15, 0.2) is 0 Å². The molecule has 0 atom stereocenters. The summed E-state index contributed by atoms with van der Waals surface area (Å²) in [5.74, 6) is 0. The molecule has 16 heavy (non-hydrogen) atoms. The summed E-state index contributed by atoms with van der Waals surface area (Å²) in [6, 6.07) is 6.43. The SMILES string of the molecule is CCC(CC)(CO)Cc1c(C)cccc1C. The minimum Gasteiger partial charge on any atom is -0.396 e. The van der Waals surface area contributed by atoms with Gasteiger partial charge in [-0.1, -0.05) is 32.0 Å². The molecular weight excluding hydrogens is 196 g/mol. The van der Waals surface area contributed by atoms with Crippen LogP contribution in [0, 0.1) is 19.3 Å². The molecule has 0 radical (unpaired) electrons. The van der Waals surface area contributed by atoms with Crippen LogP contribution in [0.1, 0.15) is 43.4 Å². The molecule has 0 saturated carbocycles. The number of benzene rings is 1. The van der Waals surface area contributed by atoms with E-state index in [1.807, 2.05) is 0 Å². The molecule has 0 aliphatic rings. The predicted octanol–water partition coefficient (Wildman–Crippen LogP) is 3.64. The third-order valence-electron chi connectivity index (χ3n) is 4.03. The van der Waals surface area contributed by atoms with Crippen LogP contribution in [0.4, 0.5) is 0 Å². The van der Waals surface area contributed by atoms with Gasteiger partial charge < -0.3 is 5.11 Å². The van der Waals surface area contributed by atoms with Gasteiger partial charge in [0.05, 0.1) is 0 Å². The molecule has 0 bridgehead atoms. The molecular formula is C15H24O. The van der Waals surface area contributed by atoms with Gasteiger partial charge in [0.1, 0.15) is 0 Å². The Morgan fingerprint density at radius 1 is 1.06 bits per heavy atom. The smallest absolute Gasteiger partial charge is 0.0490 e. The molecule has 1 aromatic rings. The highest BCUT2D eigenvalue weighted by molar-refractivity contribution is 5.34. The first-order chi connectivity index (χ1) is 7.58. The summed E-state index contributed by atoms with van der Waals surface area (Å²) in [7, 11) is 0. The van der Waals surface area contributed by atoms with E-state index < -0.39 is 0 Å². The molecule has 1 rings (SSSR count). The van der Waals surface area contributed by atoms with Crippen LogP contribution in [-0.4, -0.2) is 11.7 Å². The average Bonchev–Trinajstić information content (AvgIpc) is 2.30. The lowest BCUT2D eigenvalue weighted by Crippen LogP contribution is -2.27. The number of aliphatic hydroxyl groups excluding tert-OH is 1. The van der Waals surface area contributed by atoms with E-state index in [0.29, 0.717) is 0 Å². The quantitative estimate of drug-likeness (QED) is 0.803. The van der Waals surface area contributed by atoms with Crippen molar-refractivity contribution in [1.29, 1.82) is 0 Å². The second-order valence-corrected chi connectivity index (χ2v) is 4.91. The summed E-state index contributed by atoms with van der Waals surface area (Å²) in [4.78, 5) is 0. The van der Waals surface area contributed by atoms with Gasteiger partial charge in [-0.2, -0.15) is 0 Å². The maximum atomic E-state index is 9.62. The number of aliphatic hydroxyl groups is 1. The van der Waals surface area contributed by atoms with Crippen LogP contribution >= 0.6 is 0 Å². The first-order valence-electron chi connectivity index (χ1n) is 6.24. The van der Waals surface area contributed by atoms with Crippen LogP contribution in [0.5, 0.6) is 0 Å². The van der Waals surface area contributed by atoms with Crippen molar-refractivity contribution >= 4 is 0 Å². The molecule has 0 fully saturated rings. The molecule has 0 unspecified atom stereocenters. The van der Waals surface area contributed by atoms with E-state index >= 15 is 0 Å². The Kier molecular flexibility index (Phi) is 4.55. The summed E-state index contributed by atoms with van der Waals surface area (Å²) < 4.78 is 0. The highest BCUT2D eigenvalue weighted by atomic mass is 16.3. The summed E-state index contributed by atoms with van der Waals surface area (Å²) >= 11 is 0. The third kappa shape index (κ3) is 2.65. The Morgan fingerprint density at radius 3 is 1.94 bits per heavy atom. The lowest BCUT2D eigenvalue weighted by molar-refractivity contribution is 0.114. The van der Waals surface area contributed by atoms with E-state index in [1.54, 1.807) is 0 Å². The van der Waals surface area contributed by atoms with Crippen LogP contribution in [0.25, 0.3) is 0 Å². The van der Waals surface area contributed by atoms with Crippen molar-refractivity contribution in [1.82, 2.24) is 0 Å². The molecule has 1 aromatic carbocycles. The topological polar surface area (TPSA) is 20.2 Å². The zero-order valence-corrected chi connectivity index (χ0v) is 11.0. The van der Waals surface area contributed by atoms with Crippen LogP contribution in [0.2, 0.25) is 0 Å². The summed E-state index contributed by atoms with van der Waals surface area (Å²) in [5.41, 5.74) is 4.18. The molecule has 90 valence electrons. The third-order valence-corrected chi connectivity index (χ3v) is 4.03. The fourth-order valence-electron chi connectivity index (χ4n) is 2.28. The Balaban J connectivity index is 3.02. The molecule has 0 heterocycles. The van der Waals surface area contributed by atoms with E-state index in [-0.39, 0.29) is 12.0 Å². The Hall–Kier alpha value is -0.820. The van der Waals surface area contributed by atoms with E-state index in [9.17, 15) is 5.11 Å². The minimum absolute atomic E-state index is 0.0663. The van der Waals surface area contributed by atoms with Crippen molar-refractivity contribution in [2.45, 2.75) is 47.0 Å². The lowest BCUT2D eigenvalue weighted by atomic mass is 9.76. The zero-order chi connectivity index (χ0) is 12.2. The fourth-order valence-corrected chi connectivity index (χ4v) is 2.28. The predicted molar refractivity (Wildman–Crippen MR) is 69.7 cm³/mol. The highest BCUT2D eigenvalue weighted by Crippen LogP contribution is 2.32. The molecule has 0 aliphatic heterocycles. The van der Waals surface area contributed by atoms with Crippen LogP contribution in [-0.2, 0) is 6.42 Å². The van der Waals surface area contributed by atoms with Gasteiger partial charge >= 0.3 is 0 Å². The molecule has 0 aromatic heterocycles. The van der Waals surface area contributed by atoms with Gasteiger partial charge in [-0.25, -0.2) is 0 Å². The zero-order valence-electron chi connectivity index (χ0n) is 11.0. The maximum Gasteiger partial charge on any atom is 0.0490 e. The summed E-state index contributed by atoms with van der Waals surface area (Å²) in [6.07, 6.45) is 3.07. The Labute approximate surface area is 99.5 Å².